The van der Waals surface area contributed by atoms with Crippen LogP contribution < -0.4 is 10.3 Å². The van der Waals surface area contributed by atoms with Crippen LogP contribution in [0.3, 0.4) is 0 Å². The van der Waals surface area contributed by atoms with Crippen molar-refractivity contribution < 1.29 is 14.3 Å². The Morgan fingerprint density at radius 2 is 1.96 bits per heavy atom. The maximum Gasteiger partial charge on any atom is 0.410 e. The lowest BCUT2D eigenvalue weighted by Crippen LogP contribution is -2.35. The van der Waals surface area contributed by atoms with Gasteiger partial charge in [-0.2, -0.15) is 0 Å². The molecule has 0 radical (unpaired) electrons. The summed E-state index contributed by atoms with van der Waals surface area (Å²) in [5.74, 6) is 0.940. The van der Waals surface area contributed by atoms with Crippen LogP contribution in [0.2, 0.25) is 0 Å². The van der Waals surface area contributed by atoms with Crippen LogP contribution in [0.5, 0.6) is 5.75 Å². The summed E-state index contributed by atoms with van der Waals surface area (Å²) < 4.78 is 12.5. The van der Waals surface area contributed by atoms with Gasteiger partial charge in [0, 0.05) is 31.8 Å². The van der Waals surface area contributed by atoms with Crippen molar-refractivity contribution in [2.75, 3.05) is 20.2 Å². The smallest absolute Gasteiger partial charge is 0.410 e. The molecule has 1 aromatic heterocycles. The zero-order valence-corrected chi connectivity index (χ0v) is 15.8. The molecule has 1 aromatic carbocycles. The summed E-state index contributed by atoms with van der Waals surface area (Å²) >= 11 is 0. The standard InChI is InChI=1S/C20H26N2O4/c1-20(2,3)26-19(24)21-10-9-14(12-21)13-22-17-11-16(25-4)7-5-15(17)6-8-18(22)23/h5-8,11,14H,9-10,12-13H2,1-4H3. The first-order valence-electron chi connectivity index (χ1n) is 8.92. The number of pyridine rings is 1. The van der Waals surface area contributed by atoms with E-state index >= 15 is 0 Å². The molecule has 0 aliphatic carbocycles. The molecule has 1 unspecified atom stereocenters. The molecule has 1 fully saturated rings. The van der Waals surface area contributed by atoms with Crippen LogP contribution >= 0.6 is 0 Å². The van der Waals surface area contributed by atoms with E-state index in [9.17, 15) is 9.59 Å². The van der Waals surface area contributed by atoms with Gasteiger partial charge < -0.3 is 18.9 Å². The quantitative estimate of drug-likeness (QED) is 0.845. The molecule has 2 heterocycles. The van der Waals surface area contributed by atoms with Crippen LogP contribution in [-0.2, 0) is 11.3 Å². The molecule has 6 heteroatoms. The molecule has 140 valence electrons. The van der Waals surface area contributed by atoms with Crippen LogP contribution in [0.4, 0.5) is 4.79 Å². The normalized spacial score (nSPS) is 17.5. The molecular weight excluding hydrogens is 332 g/mol. The van der Waals surface area contributed by atoms with Crippen molar-refractivity contribution in [1.29, 1.82) is 0 Å². The third-order valence-corrected chi connectivity index (χ3v) is 4.58. The third kappa shape index (κ3) is 4.00. The number of likely N-dealkylation sites (tertiary alicyclic amines) is 1. The van der Waals surface area contributed by atoms with Gasteiger partial charge in [0.1, 0.15) is 11.4 Å². The number of aromatic nitrogens is 1. The third-order valence-electron chi connectivity index (χ3n) is 4.58. The van der Waals surface area contributed by atoms with E-state index in [1.807, 2.05) is 45.0 Å². The minimum absolute atomic E-state index is 0.0403. The Morgan fingerprint density at radius 1 is 1.23 bits per heavy atom. The highest BCUT2D eigenvalue weighted by molar-refractivity contribution is 5.80. The first-order valence-corrected chi connectivity index (χ1v) is 8.92. The van der Waals surface area contributed by atoms with Crippen molar-refractivity contribution in [1.82, 2.24) is 9.47 Å². The van der Waals surface area contributed by atoms with Crippen molar-refractivity contribution in [3.05, 3.63) is 40.7 Å². The van der Waals surface area contributed by atoms with Gasteiger partial charge in [-0.15, -0.1) is 0 Å². The Balaban J connectivity index is 1.79. The summed E-state index contributed by atoms with van der Waals surface area (Å²) in [6.07, 6.45) is 0.568. The molecule has 1 saturated heterocycles. The number of carbonyl (C=O) groups excluding carboxylic acids is 1. The number of methoxy groups -OCH3 is 1. The average molecular weight is 358 g/mol. The maximum absolute atomic E-state index is 12.4. The largest absolute Gasteiger partial charge is 0.497 e. The van der Waals surface area contributed by atoms with E-state index in [1.165, 1.54) is 0 Å². The van der Waals surface area contributed by atoms with E-state index < -0.39 is 5.60 Å². The lowest BCUT2D eigenvalue weighted by Gasteiger charge is -2.24. The van der Waals surface area contributed by atoms with E-state index in [4.69, 9.17) is 9.47 Å². The van der Waals surface area contributed by atoms with Gasteiger partial charge in [-0.1, -0.05) is 0 Å². The van der Waals surface area contributed by atoms with Crippen molar-refractivity contribution in [2.24, 2.45) is 5.92 Å². The zero-order valence-electron chi connectivity index (χ0n) is 15.8. The summed E-state index contributed by atoms with van der Waals surface area (Å²) in [7, 11) is 1.61. The van der Waals surface area contributed by atoms with Gasteiger partial charge in [-0.25, -0.2) is 4.79 Å². The number of rotatable bonds is 3. The van der Waals surface area contributed by atoms with Crippen LogP contribution in [0.25, 0.3) is 10.9 Å². The lowest BCUT2D eigenvalue weighted by molar-refractivity contribution is 0.0287. The summed E-state index contributed by atoms with van der Waals surface area (Å²) in [4.78, 5) is 26.4. The molecule has 0 saturated carbocycles. The molecule has 1 amide bonds. The number of hydrogen-bond acceptors (Lipinski definition) is 4. The van der Waals surface area contributed by atoms with Crippen LogP contribution in [0.1, 0.15) is 27.2 Å². The highest BCUT2D eigenvalue weighted by Gasteiger charge is 2.30. The maximum atomic E-state index is 12.4. The number of fused-ring (bicyclic) bond motifs is 1. The molecule has 26 heavy (non-hydrogen) atoms. The van der Waals surface area contributed by atoms with Crippen molar-refractivity contribution in [3.8, 4) is 5.75 Å². The molecule has 0 N–H and O–H groups in total. The number of ether oxygens (including phenoxy) is 2. The fraction of sp³-hybridized carbons (Fsp3) is 0.500. The highest BCUT2D eigenvalue weighted by Crippen LogP contribution is 2.24. The summed E-state index contributed by atoms with van der Waals surface area (Å²) in [6, 6.07) is 9.14. The first-order chi connectivity index (χ1) is 12.3. The predicted molar refractivity (Wildman–Crippen MR) is 101 cm³/mol. The van der Waals surface area contributed by atoms with Gasteiger partial charge in [0.25, 0.3) is 5.56 Å². The fourth-order valence-corrected chi connectivity index (χ4v) is 3.32. The fourth-order valence-electron chi connectivity index (χ4n) is 3.32. The molecule has 1 aliphatic heterocycles. The van der Waals surface area contributed by atoms with E-state index in [0.29, 0.717) is 19.6 Å². The molecule has 0 bridgehead atoms. The average Bonchev–Trinajstić information content (AvgIpc) is 3.04. The minimum Gasteiger partial charge on any atom is -0.497 e. The topological polar surface area (TPSA) is 60.8 Å². The Labute approximate surface area is 153 Å². The Kier molecular flexibility index (Phi) is 4.94. The number of carbonyl (C=O) groups is 1. The number of hydrogen-bond donors (Lipinski definition) is 0. The molecule has 2 aromatic rings. The van der Waals surface area contributed by atoms with Crippen molar-refractivity contribution in [3.63, 3.8) is 0 Å². The van der Waals surface area contributed by atoms with Gasteiger partial charge in [0.05, 0.1) is 12.6 Å². The summed E-state index contributed by atoms with van der Waals surface area (Å²) in [5, 5.41) is 0.993. The minimum atomic E-state index is -0.502. The van der Waals surface area contributed by atoms with Gasteiger partial charge >= 0.3 is 6.09 Å². The molecular formula is C20H26N2O4. The van der Waals surface area contributed by atoms with E-state index in [-0.39, 0.29) is 17.6 Å². The molecule has 6 nitrogen and oxygen atoms in total. The molecule has 3 rings (SSSR count). The highest BCUT2D eigenvalue weighted by atomic mass is 16.6. The second-order valence-electron chi connectivity index (χ2n) is 7.79. The SMILES string of the molecule is COc1ccc2ccc(=O)n(CC3CCN(C(=O)OC(C)(C)C)C3)c2c1. The lowest BCUT2D eigenvalue weighted by atomic mass is 10.1. The summed E-state index contributed by atoms with van der Waals surface area (Å²) in [5.41, 5.74) is 0.312. The molecule has 1 aliphatic rings. The van der Waals surface area contributed by atoms with E-state index in [2.05, 4.69) is 0 Å². The zero-order chi connectivity index (χ0) is 18.9. The Hall–Kier alpha value is -2.50. The predicted octanol–water partition coefficient (Wildman–Crippen LogP) is 3.27. The molecule has 0 spiro atoms. The second-order valence-corrected chi connectivity index (χ2v) is 7.79. The van der Waals surface area contributed by atoms with E-state index in [0.717, 1.165) is 23.1 Å². The van der Waals surface area contributed by atoms with Gasteiger partial charge in [-0.3, -0.25) is 4.79 Å². The van der Waals surface area contributed by atoms with Gasteiger partial charge in [-0.05, 0) is 56.7 Å². The number of nitrogens with zero attached hydrogens (tertiary/aromatic N) is 2. The Morgan fingerprint density at radius 3 is 2.65 bits per heavy atom. The van der Waals surface area contributed by atoms with E-state index in [1.54, 1.807) is 22.6 Å². The first kappa shape index (κ1) is 18.3. The Bertz CT molecular complexity index is 866. The van der Waals surface area contributed by atoms with Crippen LogP contribution in [-0.4, -0.2) is 41.4 Å². The molecule has 1 atom stereocenters. The number of benzene rings is 1. The van der Waals surface area contributed by atoms with Gasteiger partial charge in [0.15, 0.2) is 0 Å². The van der Waals surface area contributed by atoms with Crippen LogP contribution in [0.15, 0.2) is 35.1 Å². The van der Waals surface area contributed by atoms with Crippen molar-refractivity contribution in [2.45, 2.75) is 39.3 Å². The second kappa shape index (κ2) is 7.02. The van der Waals surface area contributed by atoms with Crippen LogP contribution in [0, 0.1) is 5.92 Å². The summed E-state index contributed by atoms with van der Waals surface area (Å²) in [6.45, 7) is 7.41. The number of amides is 1. The van der Waals surface area contributed by atoms with Gasteiger partial charge in [0.2, 0.25) is 0 Å². The monoisotopic (exact) mass is 358 g/mol. The van der Waals surface area contributed by atoms with Crippen molar-refractivity contribution >= 4 is 17.0 Å².